The Bertz CT molecular complexity index is 4780. The molecule has 13 aromatic rings. The number of hydrogen-bond acceptors (Lipinski definition) is 5. The lowest BCUT2D eigenvalue weighted by Crippen LogP contribution is -2.10. The summed E-state index contributed by atoms with van der Waals surface area (Å²) in [5, 5.41) is 25.0. The number of fused-ring (bicyclic) bond motifs is 6. The standard InChI is InChI=1S/C82H70N8/c1-79(2,3)55-28-36-72-66(42-55)67-43-56(80(4,5)6)29-37-73(67)89(72)60-32-34-63(53-19-16-18-51(40-53)49-84)70(46-60)77-86-76(65-23-15-14-22-62(65)52-26-24-50(48-83)25-27-52)87-78(88-77)71-47-61(33-35-64(71)54-20-17-21-59(41-54)85-13)90-74-38-30-57(81(7,8)9)44-68(74)69-45-58(82(10,11)12)31-39-75(69)90/h14-47H,1-12H3. The molecule has 0 aliphatic heterocycles. The van der Waals surface area contributed by atoms with Gasteiger partial charge in [0.05, 0.1) is 51.9 Å². The molecule has 0 atom stereocenters. The normalized spacial score (nSPS) is 12.2. The first kappa shape index (κ1) is 58.3. The molecule has 0 bridgehead atoms. The van der Waals surface area contributed by atoms with E-state index in [4.69, 9.17) is 21.5 Å². The lowest BCUT2D eigenvalue weighted by atomic mass is 9.85. The molecule has 0 aliphatic carbocycles. The summed E-state index contributed by atoms with van der Waals surface area (Å²) in [6.45, 7) is 35.3. The highest BCUT2D eigenvalue weighted by Crippen LogP contribution is 2.45. The molecule has 3 heterocycles. The van der Waals surface area contributed by atoms with Gasteiger partial charge >= 0.3 is 0 Å². The van der Waals surface area contributed by atoms with Crippen LogP contribution in [0.25, 0.3) is 127 Å². The first-order chi connectivity index (χ1) is 43.0. The van der Waals surface area contributed by atoms with E-state index in [9.17, 15) is 10.5 Å². The molecule has 0 spiro atoms. The number of hydrogen-bond donors (Lipinski definition) is 0. The van der Waals surface area contributed by atoms with Crippen LogP contribution in [0.3, 0.4) is 0 Å². The predicted octanol–water partition coefficient (Wildman–Crippen LogP) is 21.6. The molecule has 0 amide bonds. The SMILES string of the molecule is [C-]#[N+]c1cccc(-c2ccc(-n3c4ccc(C(C)(C)C)cc4c4cc(C(C)(C)C)ccc43)cc2-c2nc(-c3ccccc3-c3ccc(C#N)cc3)nc(-c3cc(-n4c5ccc(C(C)(C)C)cc5c5cc(C(C)(C)C)ccc54)ccc3-c3cccc(C#N)c3)n2)c1. The van der Waals surface area contributed by atoms with E-state index in [1.807, 2.05) is 91.0 Å². The summed E-state index contributed by atoms with van der Waals surface area (Å²) in [5.41, 5.74) is 19.7. The van der Waals surface area contributed by atoms with E-state index >= 15 is 0 Å². The molecule has 90 heavy (non-hydrogen) atoms. The van der Waals surface area contributed by atoms with Gasteiger partial charge in [0.2, 0.25) is 0 Å². The van der Waals surface area contributed by atoms with Crippen LogP contribution in [0, 0.1) is 29.2 Å². The summed E-state index contributed by atoms with van der Waals surface area (Å²) < 4.78 is 4.72. The Morgan fingerprint density at radius 3 is 1.11 bits per heavy atom. The number of benzene rings is 10. The maximum atomic E-state index is 10.4. The number of nitriles is 2. The van der Waals surface area contributed by atoms with Gasteiger partial charge in [0.15, 0.2) is 23.2 Å². The summed E-state index contributed by atoms with van der Waals surface area (Å²) in [6, 6.07) is 76.4. The highest BCUT2D eigenvalue weighted by atomic mass is 15.0. The third-order valence-corrected chi connectivity index (χ3v) is 17.7. The molecule has 8 heteroatoms. The Kier molecular flexibility index (Phi) is 14.2. The van der Waals surface area contributed by atoms with Crippen LogP contribution >= 0.6 is 0 Å². The molecule has 0 N–H and O–H groups in total. The first-order valence-electron chi connectivity index (χ1n) is 30.8. The molecular formula is C82H70N8. The molecule has 0 unspecified atom stereocenters. The van der Waals surface area contributed by atoms with E-state index in [0.29, 0.717) is 34.3 Å². The molecule has 0 aliphatic rings. The van der Waals surface area contributed by atoms with Crippen LogP contribution in [0.4, 0.5) is 5.69 Å². The van der Waals surface area contributed by atoms with Crippen LogP contribution in [0.5, 0.6) is 0 Å². The van der Waals surface area contributed by atoms with Crippen molar-refractivity contribution in [1.29, 1.82) is 10.5 Å². The quantitative estimate of drug-likeness (QED) is 0.141. The average molecular weight is 1170 g/mol. The number of aromatic nitrogens is 5. The van der Waals surface area contributed by atoms with Gasteiger partial charge in [-0.3, -0.25) is 0 Å². The summed E-state index contributed by atoms with van der Waals surface area (Å²) in [4.78, 5) is 20.9. The van der Waals surface area contributed by atoms with Gasteiger partial charge in [0.1, 0.15) is 0 Å². The van der Waals surface area contributed by atoms with Gasteiger partial charge in [-0.2, -0.15) is 10.5 Å². The third-order valence-electron chi connectivity index (χ3n) is 17.7. The van der Waals surface area contributed by atoms with Crippen LogP contribution < -0.4 is 0 Å². The minimum absolute atomic E-state index is 0.0839. The Balaban J connectivity index is 1.14. The van der Waals surface area contributed by atoms with Crippen LogP contribution in [-0.2, 0) is 21.7 Å². The molecule has 0 saturated heterocycles. The van der Waals surface area contributed by atoms with Crippen LogP contribution in [0.15, 0.2) is 206 Å². The van der Waals surface area contributed by atoms with E-state index in [2.05, 4.69) is 224 Å². The van der Waals surface area contributed by atoms with E-state index in [0.717, 1.165) is 83.5 Å². The monoisotopic (exact) mass is 1170 g/mol. The molecule has 8 nitrogen and oxygen atoms in total. The van der Waals surface area contributed by atoms with Gasteiger partial charge in [-0.05, 0) is 180 Å². The topological polar surface area (TPSA) is 100 Å². The van der Waals surface area contributed by atoms with E-state index < -0.39 is 0 Å². The first-order valence-corrected chi connectivity index (χ1v) is 30.8. The highest BCUT2D eigenvalue weighted by molar-refractivity contribution is 6.11. The summed E-state index contributed by atoms with van der Waals surface area (Å²) in [5.74, 6) is 1.28. The van der Waals surface area contributed by atoms with Crippen LogP contribution in [-0.4, -0.2) is 24.1 Å². The van der Waals surface area contributed by atoms with E-state index in [1.165, 1.54) is 43.8 Å². The lowest BCUT2D eigenvalue weighted by Gasteiger charge is -2.20. The van der Waals surface area contributed by atoms with Crippen molar-refractivity contribution in [3.8, 4) is 91.1 Å². The molecule has 13 rings (SSSR count). The average Bonchev–Trinajstić information content (AvgIpc) is 1.72. The van der Waals surface area contributed by atoms with Gasteiger partial charge < -0.3 is 9.13 Å². The summed E-state index contributed by atoms with van der Waals surface area (Å²) in [7, 11) is 0. The minimum Gasteiger partial charge on any atom is -0.309 e. The number of rotatable bonds is 8. The Hall–Kier alpha value is -10.7. The van der Waals surface area contributed by atoms with Gasteiger partial charge in [0, 0.05) is 49.6 Å². The maximum Gasteiger partial charge on any atom is 0.187 e. The third kappa shape index (κ3) is 10.6. The van der Waals surface area contributed by atoms with Crippen molar-refractivity contribution in [1.82, 2.24) is 24.1 Å². The largest absolute Gasteiger partial charge is 0.309 e. The van der Waals surface area contributed by atoms with E-state index in [1.54, 1.807) is 0 Å². The fourth-order valence-electron chi connectivity index (χ4n) is 12.6. The van der Waals surface area contributed by atoms with Gasteiger partial charge in [-0.15, -0.1) is 0 Å². The molecule has 3 aromatic heterocycles. The van der Waals surface area contributed by atoms with Crippen molar-refractivity contribution in [2.75, 3.05) is 0 Å². The number of nitrogens with zero attached hydrogens (tertiary/aromatic N) is 8. The maximum absolute atomic E-state index is 10.4. The summed E-state index contributed by atoms with van der Waals surface area (Å²) >= 11 is 0. The summed E-state index contributed by atoms with van der Waals surface area (Å²) in [6.07, 6.45) is 0. The molecule has 0 fully saturated rings. The second-order valence-electron chi connectivity index (χ2n) is 28.0. The Morgan fingerprint density at radius 2 is 0.711 bits per heavy atom. The minimum atomic E-state index is -0.0846. The Labute approximate surface area is 527 Å². The van der Waals surface area contributed by atoms with Crippen LogP contribution in [0.2, 0.25) is 0 Å². The lowest BCUT2D eigenvalue weighted by molar-refractivity contribution is 0.590. The second kappa shape index (κ2) is 21.8. The molecule has 0 radical (unpaired) electrons. The molecule has 0 saturated carbocycles. The van der Waals surface area contributed by atoms with Gasteiger partial charge in [0.25, 0.3) is 0 Å². The Morgan fingerprint density at radius 1 is 0.333 bits per heavy atom. The van der Waals surface area contributed by atoms with Crippen molar-refractivity contribution in [3.05, 3.63) is 251 Å². The van der Waals surface area contributed by atoms with Gasteiger partial charge in [-0.25, -0.2) is 19.8 Å². The van der Waals surface area contributed by atoms with Crippen molar-refractivity contribution in [2.24, 2.45) is 0 Å². The predicted molar refractivity (Wildman–Crippen MR) is 372 cm³/mol. The van der Waals surface area contributed by atoms with Crippen molar-refractivity contribution < 1.29 is 0 Å². The zero-order valence-corrected chi connectivity index (χ0v) is 53.2. The highest BCUT2D eigenvalue weighted by Gasteiger charge is 2.27. The zero-order chi connectivity index (χ0) is 63.2. The zero-order valence-electron chi connectivity index (χ0n) is 53.2. The van der Waals surface area contributed by atoms with Crippen molar-refractivity contribution in [2.45, 2.75) is 105 Å². The van der Waals surface area contributed by atoms with Crippen LogP contribution in [0.1, 0.15) is 116 Å². The fraction of sp³-hybridized carbons (Fsp3) is 0.195. The fourth-order valence-corrected chi connectivity index (χ4v) is 12.6. The van der Waals surface area contributed by atoms with Gasteiger partial charge in [-0.1, -0.05) is 186 Å². The molecule has 438 valence electrons. The smallest absolute Gasteiger partial charge is 0.187 e. The van der Waals surface area contributed by atoms with E-state index in [-0.39, 0.29) is 21.7 Å². The second-order valence-corrected chi connectivity index (χ2v) is 28.0. The van der Waals surface area contributed by atoms with Crippen molar-refractivity contribution in [3.63, 3.8) is 0 Å². The molecule has 10 aromatic carbocycles. The van der Waals surface area contributed by atoms with Crippen molar-refractivity contribution >= 4 is 49.3 Å². The molecular weight excluding hydrogens is 1100 g/mol.